The minimum Gasteiger partial charge on any atom is -0.390 e. The highest BCUT2D eigenvalue weighted by Gasteiger charge is 2.32. The molecule has 0 saturated heterocycles. The Morgan fingerprint density at radius 1 is 1.22 bits per heavy atom. The zero-order valence-corrected chi connectivity index (χ0v) is 13.1. The standard InChI is InChI=1S/C16H32O2/c1-11(2)13-8-7-12(3)9-14(13)18-10-15(17)16(4,5)6/h11-15,17H,7-10H2,1-6H3. The van der Waals surface area contributed by atoms with Crippen LogP contribution in [0.4, 0.5) is 0 Å². The summed E-state index contributed by atoms with van der Waals surface area (Å²) in [6, 6.07) is 0. The van der Waals surface area contributed by atoms with Crippen molar-refractivity contribution in [2.24, 2.45) is 23.2 Å². The first-order valence-electron chi connectivity index (χ1n) is 7.51. The van der Waals surface area contributed by atoms with Gasteiger partial charge >= 0.3 is 0 Å². The molecule has 0 bridgehead atoms. The lowest BCUT2D eigenvalue weighted by atomic mass is 9.75. The molecule has 108 valence electrons. The van der Waals surface area contributed by atoms with Crippen molar-refractivity contribution < 1.29 is 9.84 Å². The Hall–Kier alpha value is -0.0800. The zero-order chi connectivity index (χ0) is 13.9. The number of rotatable bonds is 4. The molecule has 0 heterocycles. The van der Waals surface area contributed by atoms with E-state index in [-0.39, 0.29) is 11.5 Å². The molecule has 0 aliphatic heterocycles. The highest BCUT2D eigenvalue weighted by atomic mass is 16.5. The summed E-state index contributed by atoms with van der Waals surface area (Å²) in [6.07, 6.45) is 3.72. The third-order valence-electron chi connectivity index (χ3n) is 4.43. The Morgan fingerprint density at radius 2 is 1.83 bits per heavy atom. The Kier molecular flexibility index (Phi) is 5.67. The SMILES string of the molecule is CC1CCC(C(C)C)C(OCC(O)C(C)(C)C)C1. The molecule has 0 spiro atoms. The average Bonchev–Trinajstić information content (AvgIpc) is 2.24. The van der Waals surface area contributed by atoms with Crippen LogP contribution in [0.3, 0.4) is 0 Å². The van der Waals surface area contributed by atoms with Crippen molar-refractivity contribution >= 4 is 0 Å². The molecule has 0 aromatic carbocycles. The van der Waals surface area contributed by atoms with Crippen LogP contribution >= 0.6 is 0 Å². The molecule has 1 aliphatic carbocycles. The van der Waals surface area contributed by atoms with Gasteiger partial charge in [0.15, 0.2) is 0 Å². The maximum Gasteiger partial charge on any atom is 0.0821 e. The number of hydrogen-bond donors (Lipinski definition) is 1. The second-order valence-corrected chi connectivity index (χ2v) is 7.58. The molecule has 2 nitrogen and oxygen atoms in total. The summed E-state index contributed by atoms with van der Waals surface area (Å²) in [4.78, 5) is 0. The number of ether oxygens (including phenoxy) is 1. The van der Waals surface area contributed by atoms with Crippen molar-refractivity contribution in [2.45, 2.75) is 73.0 Å². The first-order valence-corrected chi connectivity index (χ1v) is 7.51. The Balaban J connectivity index is 2.51. The number of aliphatic hydroxyl groups is 1. The van der Waals surface area contributed by atoms with E-state index in [1.54, 1.807) is 0 Å². The molecule has 0 amide bonds. The molecule has 1 fully saturated rings. The molecule has 1 saturated carbocycles. The van der Waals surface area contributed by atoms with Crippen LogP contribution < -0.4 is 0 Å². The summed E-state index contributed by atoms with van der Waals surface area (Å²) in [5, 5.41) is 10.1. The van der Waals surface area contributed by atoms with Crippen molar-refractivity contribution in [1.29, 1.82) is 0 Å². The molecule has 4 unspecified atom stereocenters. The summed E-state index contributed by atoms with van der Waals surface area (Å²) >= 11 is 0. The van der Waals surface area contributed by atoms with Crippen LogP contribution in [0.15, 0.2) is 0 Å². The molecule has 1 aliphatic rings. The van der Waals surface area contributed by atoms with Crippen molar-refractivity contribution in [2.75, 3.05) is 6.61 Å². The minimum absolute atomic E-state index is 0.0897. The molecule has 0 aromatic rings. The molecule has 0 aromatic heterocycles. The maximum atomic E-state index is 10.1. The van der Waals surface area contributed by atoms with Crippen molar-refractivity contribution in [3.63, 3.8) is 0 Å². The van der Waals surface area contributed by atoms with Crippen LogP contribution in [-0.4, -0.2) is 23.9 Å². The van der Waals surface area contributed by atoms with Gasteiger partial charge in [0.1, 0.15) is 0 Å². The van der Waals surface area contributed by atoms with Gasteiger partial charge in [0.2, 0.25) is 0 Å². The minimum atomic E-state index is -0.373. The smallest absolute Gasteiger partial charge is 0.0821 e. The summed E-state index contributed by atoms with van der Waals surface area (Å²) < 4.78 is 6.07. The third kappa shape index (κ3) is 4.55. The van der Waals surface area contributed by atoms with Crippen LogP contribution in [0.25, 0.3) is 0 Å². The summed E-state index contributed by atoms with van der Waals surface area (Å²) in [6.45, 7) is 13.5. The largest absolute Gasteiger partial charge is 0.390 e. The van der Waals surface area contributed by atoms with Gasteiger partial charge in [-0.3, -0.25) is 0 Å². The molecular weight excluding hydrogens is 224 g/mol. The molecule has 4 atom stereocenters. The highest BCUT2D eigenvalue weighted by Crippen LogP contribution is 2.35. The number of hydrogen-bond acceptors (Lipinski definition) is 2. The van der Waals surface area contributed by atoms with Gasteiger partial charge in [-0.05, 0) is 36.0 Å². The van der Waals surface area contributed by atoms with Crippen LogP contribution in [-0.2, 0) is 4.74 Å². The fourth-order valence-corrected chi connectivity index (χ4v) is 2.77. The number of aliphatic hydroxyl groups excluding tert-OH is 1. The monoisotopic (exact) mass is 256 g/mol. The van der Waals surface area contributed by atoms with Gasteiger partial charge in [-0.1, -0.05) is 48.0 Å². The van der Waals surface area contributed by atoms with Crippen LogP contribution in [0.1, 0.15) is 60.8 Å². The maximum absolute atomic E-state index is 10.1. The summed E-state index contributed by atoms with van der Waals surface area (Å²) in [5.74, 6) is 2.10. The van der Waals surface area contributed by atoms with Crippen molar-refractivity contribution in [3.05, 3.63) is 0 Å². The molecule has 2 heteroatoms. The first kappa shape index (κ1) is 16.0. The molecule has 1 N–H and O–H groups in total. The molecule has 18 heavy (non-hydrogen) atoms. The van der Waals surface area contributed by atoms with Crippen LogP contribution in [0, 0.1) is 23.2 Å². The van der Waals surface area contributed by atoms with E-state index in [4.69, 9.17) is 4.74 Å². The lowest BCUT2D eigenvalue weighted by molar-refractivity contribution is -0.0908. The van der Waals surface area contributed by atoms with Crippen LogP contribution in [0.2, 0.25) is 0 Å². The van der Waals surface area contributed by atoms with E-state index < -0.39 is 0 Å². The van der Waals surface area contributed by atoms with Gasteiger partial charge < -0.3 is 9.84 Å². The first-order chi connectivity index (χ1) is 8.21. The van der Waals surface area contributed by atoms with E-state index in [1.807, 2.05) is 0 Å². The van der Waals surface area contributed by atoms with Crippen molar-refractivity contribution in [1.82, 2.24) is 0 Å². The van der Waals surface area contributed by atoms with Gasteiger partial charge in [0.25, 0.3) is 0 Å². The molecule has 1 rings (SSSR count). The Morgan fingerprint density at radius 3 is 2.33 bits per heavy atom. The fourth-order valence-electron chi connectivity index (χ4n) is 2.77. The van der Waals surface area contributed by atoms with E-state index in [0.717, 1.165) is 12.3 Å². The van der Waals surface area contributed by atoms with Gasteiger partial charge in [-0.2, -0.15) is 0 Å². The van der Waals surface area contributed by atoms with Gasteiger partial charge in [0, 0.05) is 0 Å². The fraction of sp³-hybridized carbons (Fsp3) is 1.00. The Labute approximate surface area is 113 Å². The van der Waals surface area contributed by atoms with Gasteiger partial charge in [-0.25, -0.2) is 0 Å². The third-order valence-corrected chi connectivity index (χ3v) is 4.43. The highest BCUT2D eigenvalue weighted by molar-refractivity contribution is 4.82. The normalized spacial score (nSPS) is 31.7. The predicted molar refractivity (Wildman–Crippen MR) is 76.5 cm³/mol. The van der Waals surface area contributed by atoms with E-state index in [0.29, 0.717) is 24.5 Å². The lowest BCUT2D eigenvalue weighted by Crippen LogP contribution is -2.38. The van der Waals surface area contributed by atoms with Crippen LogP contribution in [0.5, 0.6) is 0 Å². The second-order valence-electron chi connectivity index (χ2n) is 7.58. The van der Waals surface area contributed by atoms with E-state index in [2.05, 4.69) is 41.5 Å². The van der Waals surface area contributed by atoms with Gasteiger partial charge in [0.05, 0.1) is 18.8 Å². The molecule has 0 radical (unpaired) electrons. The summed E-state index contributed by atoms with van der Waals surface area (Å²) in [5.41, 5.74) is -0.0897. The summed E-state index contributed by atoms with van der Waals surface area (Å²) in [7, 11) is 0. The van der Waals surface area contributed by atoms with E-state index in [1.165, 1.54) is 12.8 Å². The average molecular weight is 256 g/mol. The van der Waals surface area contributed by atoms with Gasteiger partial charge in [-0.15, -0.1) is 0 Å². The second kappa shape index (κ2) is 6.38. The molecular formula is C16H32O2. The zero-order valence-electron chi connectivity index (χ0n) is 13.1. The van der Waals surface area contributed by atoms with Crippen molar-refractivity contribution in [3.8, 4) is 0 Å². The van der Waals surface area contributed by atoms with E-state index in [9.17, 15) is 5.11 Å². The lowest BCUT2D eigenvalue weighted by Gasteiger charge is -2.38. The predicted octanol–water partition coefficient (Wildman–Crippen LogP) is 3.87. The topological polar surface area (TPSA) is 29.5 Å². The quantitative estimate of drug-likeness (QED) is 0.827. The Bertz CT molecular complexity index is 242. The van der Waals surface area contributed by atoms with E-state index >= 15 is 0 Å².